The number of allylic oxidation sites excluding steroid dienone is 1. The van der Waals surface area contributed by atoms with Crippen LogP contribution in [0.5, 0.6) is 0 Å². The maximum atomic E-state index is 10.4. The quantitative estimate of drug-likeness (QED) is 0.549. The van der Waals surface area contributed by atoms with Crippen LogP contribution in [0.2, 0.25) is 0 Å². The summed E-state index contributed by atoms with van der Waals surface area (Å²) < 4.78 is 0. The second kappa shape index (κ2) is 2.95. The molecular weight excluding hydrogens is 126 g/mol. The summed E-state index contributed by atoms with van der Waals surface area (Å²) in [5.74, 6) is -0.825. The van der Waals surface area contributed by atoms with Gasteiger partial charge in [-0.05, 0) is 19.3 Å². The van der Waals surface area contributed by atoms with Gasteiger partial charge in [-0.15, -0.1) is 5.47 Å². The molecule has 0 aliphatic heterocycles. The Bertz CT molecular complexity index is 186. The zero-order valence-corrected chi connectivity index (χ0v) is 5.63. The fourth-order valence-electron chi connectivity index (χ4n) is 1.20. The molecule has 0 fully saturated rings. The minimum Gasteiger partial charge on any atom is -0.478 e. The smallest absolute Gasteiger partial charge is 0.330 e. The van der Waals surface area contributed by atoms with Crippen molar-refractivity contribution >= 4 is 20.9 Å². The topological polar surface area (TPSA) is 37.3 Å². The second-order valence-electron chi connectivity index (χ2n) is 2.33. The summed E-state index contributed by atoms with van der Waals surface area (Å²) >= 11 is 0. The van der Waals surface area contributed by atoms with E-state index in [9.17, 15) is 4.79 Å². The van der Waals surface area contributed by atoms with Crippen molar-refractivity contribution in [3.05, 3.63) is 11.0 Å². The van der Waals surface area contributed by atoms with E-state index in [1.54, 1.807) is 0 Å². The summed E-state index contributed by atoms with van der Waals surface area (Å²) in [6, 6.07) is 0. The first-order chi connectivity index (χ1) is 4.75. The van der Waals surface area contributed by atoms with Gasteiger partial charge in [0.15, 0.2) is 0 Å². The molecule has 0 heterocycles. The van der Waals surface area contributed by atoms with Crippen LogP contribution in [-0.4, -0.2) is 26.0 Å². The van der Waals surface area contributed by atoms with Crippen molar-refractivity contribution in [1.82, 2.24) is 0 Å². The van der Waals surface area contributed by atoms with E-state index in [4.69, 9.17) is 12.8 Å². The van der Waals surface area contributed by atoms with Gasteiger partial charge in [-0.1, -0.05) is 0 Å². The minimum absolute atomic E-state index is 0.488. The van der Waals surface area contributed by atoms with E-state index in [-0.39, 0.29) is 0 Å². The van der Waals surface area contributed by atoms with Crippen molar-refractivity contribution in [3.8, 4) is 0 Å². The van der Waals surface area contributed by atoms with Gasteiger partial charge in [-0.2, -0.15) is 0 Å². The highest BCUT2D eigenvalue weighted by Gasteiger charge is 2.17. The zero-order valence-electron chi connectivity index (χ0n) is 5.63. The lowest BCUT2D eigenvalue weighted by atomic mass is 9.49. The van der Waals surface area contributed by atoms with Gasteiger partial charge >= 0.3 is 5.97 Å². The fraction of sp³-hybridized carbons (Fsp3) is 0.500. The molecule has 1 aliphatic carbocycles. The van der Waals surface area contributed by atoms with Crippen LogP contribution in [0.25, 0.3) is 0 Å². The van der Waals surface area contributed by atoms with E-state index in [0.29, 0.717) is 12.0 Å². The molecule has 0 aromatic heterocycles. The zero-order chi connectivity index (χ0) is 7.56. The lowest BCUT2D eigenvalue weighted by Gasteiger charge is -1.96. The third-order valence-corrected chi connectivity index (χ3v) is 1.72. The largest absolute Gasteiger partial charge is 0.478 e. The van der Waals surface area contributed by atoms with Crippen molar-refractivity contribution in [2.24, 2.45) is 0 Å². The highest BCUT2D eigenvalue weighted by atomic mass is 16.4. The molecule has 4 heteroatoms. The van der Waals surface area contributed by atoms with E-state index >= 15 is 0 Å². The third kappa shape index (κ3) is 1.25. The Kier molecular flexibility index (Phi) is 2.20. The highest BCUT2D eigenvalue weighted by Crippen LogP contribution is 2.24. The number of carbonyl (C=O) groups is 1. The van der Waals surface area contributed by atoms with Crippen LogP contribution in [0.15, 0.2) is 11.0 Å². The highest BCUT2D eigenvalue weighted by molar-refractivity contribution is 6.94. The van der Waals surface area contributed by atoms with E-state index < -0.39 is 5.97 Å². The van der Waals surface area contributed by atoms with Crippen LogP contribution < -0.4 is 0 Å². The lowest BCUT2D eigenvalue weighted by Crippen LogP contribution is -2.03. The predicted molar refractivity (Wildman–Crippen MR) is 40.0 cm³/mol. The summed E-state index contributed by atoms with van der Waals surface area (Å²) in [5, 5.41) is 8.58. The Morgan fingerprint density at radius 1 is 1.60 bits per heavy atom. The maximum absolute atomic E-state index is 10.4. The normalized spacial score (nSPS) is 17.6. The average molecular weight is 133 g/mol. The molecule has 0 atom stereocenters. The summed E-state index contributed by atoms with van der Waals surface area (Å²) in [5.41, 5.74) is 1.29. The van der Waals surface area contributed by atoms with E-state index in [2.05, 4.69) is 0 Å². The first-order valence-electron chi connectivity index (χ1n) is 3.26. The monoisotopic (exact) mass is 133 g/mol. The van der Waals surface area contributed by atoms with E-state index in [1.807, 2.05) is 0 Å². The fourth-order valence-corrected chi connectivity index (χ4v) is 1.20. The number of hydrogen-bond donors (Lipinski definition) is 1. The van der Waals surface area contributed by atoms with E-state index in [0.717, 1.165) is 18.3 Å². The molecule has 0 spiro atoms. The molecule has 1 N–H and O–H groups in total. The minimum atomic E-state index is -0.825. The molecule has 2 nitrogen and oxygen atoms in total. The Morgan fingerprint density at radius 2 is 2.30 bits per heavy atom. The first-order valence-corrected chi connectivity index (χ1v) is 3.26. The standard InChI is InChI=1S/C6H7B2O2/c7-8-5-3-1-2-4(5)6(9)10/h1-3H2,(H,9,10). The summed E-state index contributed by atoms with van der Waals surface area (Å²) in [6.45, 7) is 0. The molecule has 1 aliphatic rings. The number of aliphatic carboxylic acids is 1. The molecule has 1 rings (SSSR count). The van der Waals surface area contributed by atoms with Crippen LogP contribution in [-0.2, 0) is 4.79 Å². The third-order valence-electron chi connectivity index (χ3n) is 1.72. The maximum Gasteiger partial charge on any atom is 0.330 e. The lowest BCUT2D eigenvalue weighted by molar-refractivity contribution is -0.132. The summed E-state index contributed by atoms with van der Waals surface area (Å²) in [7, 11) is 6.62. The molecule has 0 amide bonds. The van der Waals surface area contributed by atoms with Gasteiger partial charge < -0.3 is 5.11 Å². The molecule has 0 aromatic carbocycles. The Morgan fingerprint density at radius 3 is 2.70 bits per heavy atom. The molecule has 0 unspecified atom stereocenters. The Hall–Kier alpha value is -0.660. The van der Waals surface area contributed by atoms with Crippen LogP contribution >= 0.6 is 0 Å². The molecule has 10 heavy (non-hydrogen) atoms. The molecule has 0 saturated carbocycles. The summed E-state index contributed by atoms with van der Waals surface area (Å²) in [4.78, 5) is 10.4. The SMILES string of the molecule is [B][B]C1=C(C(=O)O)CCC1. The van der Waals surface area contributed by atoms with Gasteiger partial charge in [-0.25, -0.2) is 4.79 Å². The van der Waals surface area contributed by atoms with Crippen LogP contribution in [0, 0.1) is 0 Å². The van der Waals surface area contributed by atoms with E-state index in [1.165, 1.54) is 7.17 Å². The van der Waals surface area contributed by atoms with Gasteiger partial charge in [0.05, 0.1) is 7.17 Å². The Labute approximate surface area is 61.9 Å². The van der Waals surface area contributed by atoms with Crippen molar-refractivity contribution < 1.29 is 9.90 Å². The molecule has 0 aromatic rings. The van der Waals surface area contributed by atoms with Crippen molar-refractivity contribution in [3.63, 3.8) is 0 Å². The number of hydrogen-bond acceptors (Lipinski definition) is 1. The molecular formula is C6H7B2O2. The van der Waals surface area contributed by atoms with Crippen LogP contribution in [0.4, 0.5) is 0 Å². The molecule has 0 saturated heterocycles. The van der Waals surface area contributed by atoms with Gasteiger partial charge in [0, 0.05) is 13.3 Å². The first kappa shape index (κ1) is 7.45. The van der Waals surface area contributed by atoms with Gasteiger partial charge in [0.25, 0.3) is 0 Å². The molecule has 3 radical (unpaired) electrons. The van der Waals surface area contributed by atoms with Gasteiger partial charge in [-0.3, -0.25) is 0 Å². The van der Waals surface area contributed by atoms with Crippen molar-refractivity contribution in [1.29, 1.82) is 0 Å². The average Bonchev–Trinajstić information content (AvgIpc) is 2.33. The number of carboxylic acids is 1. The van der Waals surface area contributed by atoms with Crippen molar-refractivity contribution in [2.75, 3.05) is 0 Å². The molecule has 0 bridgehead atoms. The van der Waals surface area contributed by atoms with Crippen molar-refractivity contribution in [2.45, 2.75) is 19.3 Å². The van der Waals surface area contributed by atoms with Crippen LogP contribution in [0.3, 0.4) is 0 Å². The number of carboxylic acid groups (broad SMARTS) is 1. The predicted octanol–water partition coefficient (Wildman–Crippen LogP) is 0.297. The Balaban J connectivity index is 2.78. The van der Waals surface area contributed by atoms with Gasteiger partial charge in [0.2, 0.25) is 0 Å². The van der Waals surface area contributed by atoms with Crippen LogP contribution in [0.1, 0.15) is 19.3 Å². The van der Waals surface area contributed by atoms with Gasteiger partial charge in [0.1, 0.15) is 0 Å². The number of rotatable bonds is 2. The summed E-state index contributed by atoms with van der Waals surface area (Å²) in [6.07, 6.45) is 2.40. The molecule has 49 valence electrons. The second-order valence-corrected chi connectivity index (χ2v) is 2.33.